The van der Waals surface area contributed by atoms with Crippen LogP contribution in [-0.4, -0.2) is 44.9 Å². The number of ether oxygens (including phenoxy) is 1. The first-order valence-corrected chi connectivity index (χ1v) is 8.06. The Morgan fingerprint density at radius 1 is 1.23 bits per heavy atom. The SMILES string of the molecule is COCCN1CCCc2cc3c(c(C#N)c21)CCN(N)CC3. The summed E-state index contributed by atoms with van der Waals surface area (Å²) in [5.74, 6) is 5.98. The monoisotopic (exact) mass is 300 g/mol. The molecule has 22 heavy (non-hydrogen) atoms. The van der Waals surface area contributed by atoms with E-state index in [9.17, 15) is 5.26 Å². The predicted octanol–water partition coefficient (Wildman–Crippen LogP) is 1.23. The standard InChI is InChI=1S/C17H24N4O/c1-22-10-9-20-6-2-3-14-11-13-4-7-21(19)8-5-15(13)16(12-18)17(14)20/h11H,2-10,19H2,1H3. The van der Waals surface area contributed by atoms with E-state index in [-0.39, 0.29) is 0 Å². The van der Waals surface area contributed by atoms with Crippen LogP contribution in [0.1, 0.15) is 28.7 Å². The summed E-state index contributed by atoms with van der Waals surface area (Å²) in [7, 11) is 1.73. The largest absolute Gasteiger partial charge is 0.383 e. The first-order chi connectivity index (χ1) is 10.7. The van der Waals surface area contributed by atoms with Gasteiger partial charge in [0.2, 0.25) is 0 Å². The summed E-state index contributed by atoms with van der Waals surface area (Å²) >= 11 is 0. The first kappa shape index (κ1) is 15.3. The number of rotatable bonds is 3. The van der Waals surface area contributed by atoms with E-state index in [0.29, 0.717) is 6.61 Å². The van der Waals surface area contributed by atoms with Crippen LogP contribution in [0, 0.1) is 11.3 Å². The van der Waals surface area contributed by atoms with Gasteiger partial charge in [0, 0.05) is 33.3 Å². The van der Waals surface area contributed by atoms with Gasteiger partial charge < -0.3 is 9.64 Å². The number of anilines is 1. The van der Waals surface area contributed by atoms with Crippen molar-refractivity contribution in [2.24, 2.45) is 5.84 Å². The second kappa shape index (κ2) is 6.66. The molecule has 0 radical (unpaired) electrons. The molecule has 0 amide bonds. The average Bonchev–Trinajstić information content (AvgIpc) is 2.72. The lowest BCUT2D eigenvalue weighted by Gasteiger charge is -2.33. The Balaban J connectivity index is 2.05. The summed E-state index contributed by atoms with van der Waals surface area (Å²) in [6.45, 7) is 4.23. The highest BCUT2D eigenvalue weighted by molar-refractivity contribution is 5.70. The third-order valence-electron chi connectivity index (χ3n) is 4.76. The van der Waals surface area contributed by atoms with Crippen LogP contribution in [0.3, 0.4) is 0 Å². The third-order valence-corrected chi connectivity index (χ3v) is 4.76. The van der Waals surface area contributed by atoms with E-state index in [1.807, 2.05) is 5.01 Å². The summed E-state index contributed by atoms with van der Waals surface area (Å²) in [5, 5.41) is 11.7. The zero-order valence-electron chi connectivity index (χ0n) is 13.3. The van der Waals surface area contributed by atoms with Crippen LogP contribution in [0.25, 0.3) is 0 Å². The molecule has 5 heteroatoms. The van der Waals surface area contributed by atoms with E-state index in [1.165, 1.54) is 16.7 Å². The number of hydrogen-bond acceptors (Lipinski definition) is 5. The van der Waals surface area contributed by atoms with Crippen molar-refractivity contribution in [1.82, 2.24) is 5.01 Å². The van der Waals surface area contributed by atoms with Gasteiger partial charge in [-0.2, -0.15) is 5.26 Å². The van der Waals surface area contributed by atoms with Crippen molar-refractivity contribution in [1.29, 1.82) is 5.26 Å². The summed E-state index contributed by atoms with van der Waals surface area (Å²) < 4.78 is 5.23. The molecule has 2 N–H and O–H groups in total. The Labute approximate surface area is 132 Å². The Bertz CT molecular complexity index is 593. The quantitative estimate of drug-likeness (QED) is 0.851. The number of nitrogens with two attached hydrogens (primary N) is 1. The minimum atomic E-state index is 0.692. The van der Waals surface area contributed by atoms with Gasteiger partial charge in [0.1, 0.15) is 6.07 Å². The number of nitriles is 1. The van der Waals surface area contributed by atoms with E-state index in [0.717, 1.165) is 63.1 Å². The van der Waals surface area contributed by atoms with Gasteiger partial charge in [0.25, 0.3) is 0 Å². The number of benzene rings is 1. The number of hydrazine groups is 1. The number of hydrogen-bond donors (Lipinski definition) is 1. The van der Waals surface area contributed by atoms with Crippen molar-refractivity contribution in [2.75, 3.05) is 44.8 Å². The fraction of sp³-hybridized carbons (Fsp3) is 0.588. The summed E-state index contributed by atoms with van der Waals surface area (Å²) in [6.07, 6.45) is 4.00. The van der Waals surface area contributed by atoms with E-state index < -0.39 is 0 Å². The molecule has 1 aromatic carbocycles. The molecule has 2 aliphatic heterocycles. The van der Waals surface area contributed by atoms with Crippen LogP contribution in [0.4, 0.5) is 5.69 Å². The smallest absolute Gasteiger partial charge is 0.102 e. The van der Waals surface area contributed by atoms with Gasteiger partial charge in [0.15, 0.2) is 0 Å². The molecule has 0 spiro atoms. The lowest BCUT2D eigenvalue weighted by molar-refractivity contribution is 0.205. The molecule has 0 fully saturated rings. The molecule has 3 rings (SSSR count). The minimum Gasteiger partial charge on any atom is -0.383 e. The van der Waals surface area contributed by atoms with Crippen LogP contribution in [0.2, 0.25) is 0 Å². The molecule has 2 aliphatic rings. The Morgan fingerprint density at radius 2 is 2.05 bits per heavy atom. The van der Waals surface area contributed by atoms with Gasteiger partial charge in [-0.1, -0.05) is 6.07 Å². The Kier molecular flexibility index (Phi) is 4.63. The van der Waals surface area contributed by atoms with Crippen molar-refractivity contribution in [3.05, 3.63) is 28.3 Å². The molecule has 0 atom stereocenters. The van der Waals surface area contributed by atoms with Gasteiger partial charge in [-0.3, -0.25) is 5.84 Å². The first-order valence-electron chi connectivity index (χ1n) is 8.06. The van der Waals surface area contributed by atoms with Crippen molar-refractivity contribution in [3.8, 4) is 6.07 Å². The normalized spacial score (nSPS) is 18.3. The van der Waals surface area contributed by atoms with Crippen molar-refractivity contribution < 1.29 is 4.74 Å². The minimum absolute atomic E-state index is 0.692. The second-order valence-corrected chi connectivity index (χ2v) is 6.13. The molecule has 0 aromatic heterocycles. The second-order valence-electron chi connectivity index (χ2n) is 6.13. The van der Waals surface area contributed by atoms with Crippen LogP contribution in [-0.2, 0) is 24.0 Å². The highest BCUT2D eigenvalue weighted by Crippen LogP contribution is 2.36. The summed E-state index contributed by atoms with van der Waals surface area (Å²) in [4.78, 5) is 2.33. The van der Waals surface area contributed by atoms with Gasteiger partial charge >= 0.3 is 0 Å². The highest BCUT2D eigenvalue weighted by atomic mass is 16.5. The molecule has 0 saturated heterocycles. The van der Waals surface area contributed by atoms with Crippen LogP contribution in [0.15, 0.2) is 6.07 Å². The van der Waals surface area contributed by atoms with Gasteiger partial charge in [0.05, 0.1) is 17.9 Å². The molecule has 1 aromatic rings. The zero-order chi connectivity index (χ0) is 15.5. The van der Waals surface area contributed by atoms with Gasteiger partial charge in [-0.05, 0) is 42.4 Å². The van der Waals surface area contributed by atoms with E-state index >= 15 is 0 Å². The molecule has 0 bridgehead atoms. The van der Waals surface area contributed by atoms with Crippen LogP contribution >= 0.6 is 0 Å². The number of aryl methyl sites for hydroxylation is 1. The average molecular weight is 300 g/mol. The fourth-order valence-corrected chi connectivity index (χ4v) is 3.64. The molecule has 5 nitrogen and oxygen atoms in total. The summed E-state index contributed by atoms with van der Waals surface area (Å²) in [6, 6.07) is 4.81. The molecular weight excluding hydrogens is 276 g/mol. The lowest BCUT2D eigenvalue weighted by atomic mass is 9.88. The van der Waals surface area contributed by atoms with Crippen molar-refractivity contribution in [3.63, 3.8) is 0 Å². The Hall–Kier alpha value is -1.61. The maximum absolute atomic E-state index is 9.80. The van der Waals surface area contributed by atoms with E-state index in [2.05, 4.69) is 17.0 Å². The van der Waals surface area contributed by atoms with Gasteiger partial charge in [-0.15, -0.1) is 0 Å². The maximum atomic E-state index is 9.80. The molecule has 118 valence electrons. The maximum Gasteiger partial charge on any atom is 0.102 e. The van der Waals surface area contributed by atoms with Crippen LogP contribution < -0.4 is 10.7 Å². The highest BCUT2D eigenvalue weighted by Gasteiger charge is 2.26. The number of nitrogens with zero attached hydrogens (tertiary/aromatic N) is 3. The van der Waals surface area contributed by atoms with Crippen molar-refractivity contribution >= 4 is 5.69 Å². The predicted molar refractivity (Wildman–Crippen MR) is 86.7 cm³/mol. The third kappa shape index (κ3) is 2.82. The molecule has 0 unspecified atom stereocenters. The molecular formula is C17H24N4O. The number of methoxy groups -OCH3 is 1. The van der Waals surface area contributed by atoms with Crippen LogP contribution in [0.5, 0.6) is 0 Å². The van der Waals surface area contributed by atoms with Gasteiger partial charge in [-0.25, -0.2) is 5.01 Å². The van der Waals surface area contributed by atoms with E-state index in [1.54, 1.807) is 7.11 Å². The van der Waals surface area contributed by atoms with E-state index in [4.69, 9.17) is 10.6 Å². The molecule has 0 saturated carbocycles. The topological polar surface area (TPSA) is 65.5 Å². The Morgan fingerprint density at radius 3 is 2.82 bits per heavy atom. The summed E-state index contributed by atoms with van der Waals surface area (Å²) in [5.41, 5.74) is 5.87. The zero-order valence-corrected chi connectivity index (χ0v) is 13.3. The molecule has 0 aliphatic carbocycles. The molecule has 2 heterocycles. The fourth-order valence-electron chi connectivity index (χ4n) is 3.64. The van der Waals surface area contributed by atoms with Crippen molar-refractivity contribution in [2.45, 2.75) is 25.7 Å². The number of fused-ring (bicyclic) bond motifs is 2. The lowest BCUT2D eigenvalue weighted by Crippen LogP contribution is -2.33.